The molecule has 0 spiro atoms. The number of aliphatic hydroxyl groups is 1. The highest BCUT2D eigenvalue weighted by Crippen LogP contribution is 2.33. The molecule has 1 unspecified atom stereocenters. The molecule has 0 aliphatic carbocycles. The van der Waals surface area contributed by atoms with Crippen LogP contribution in [0.15, 0.2) is 36.5 Å². The first-order chi connectivity index (χ1) is 9.99. The van der Waals surface area contributed by atoms with Crippen LogP contribution < -0.4 is 0 Å². The third-order valence-electron chi connectivity index (χ3n) is 3.47. The number of halogens is 2. The van der Waals surface area contributed by atoms with Crippen molar-refractivity contribution < 1.29 is 5.11 Å². The second-order valence-electron chi connectivity index (χ2n) is 5.04. The lowest BCUT2D eigenvalue weighted by atomic mass is 10.1. The molecule has 0 fully saturated rings. The van der Waals surface area contributed by atoms with Gasteiger partial charge in [0.15, 0.2) is 0 Å². The van der Waals surface area contributed by atoms with Crippen molar-refractivity contribution in [3.05, 3.63) is 57.8 Å². The Morgan fingerprint density at radius 1 is 1.19 bits per heavy atom. The molecule has 0 saturated carbocycles. The van der Waals surface area contributed by atoms with Gasteiger partial charge in [-0.3, -0.25) is 0 Å². The van der Waals surface area contributed by atoms with E-state index in [-0.39, 0.29) is 0 Å². The predicted molar refractivity (Wildman–Crippen MR) is 86.0 cm³/mol. The van der Waals surface area contributed by atoms with Gasteiger partial charge in [0, 0.05) is 11.8 Å². The SMILES string of the molecule is Cc1cccn2c(C(C)O)c(-c3ccc(Cl)c(Cl)c3)nc12. The van der Waals surface area contributed by atoms with E-state index in [0.717, 1.165) is 28.2 Å². The zero-order valence-corrected chi connectivity index (χ0v) is 13.2. The third kappa shape index (κ3) is 2.42. The molecule has 1 aromatic carbocycles. The summed E-state index contributed by atoms with van der Waals surface area (Å²) in [6.45, 7) is 3.72. The summed E-state index contributed by atoms with van der Waals surface area (Å²) in [6, 6.07) is 9.30. The minimum Gasteiger partial charge on any atom is -0.387 e. The molecule has 2 heterocycles. The number of nitrogens with zero attached hydrogens (tertiary/aromatic N) is 2. The van der Waals surface area contributed by atoms with E-state index in [4.69, 9.17) is 23.2 Å². The van der Waals surface area contributed by atoms with Crippen molar-refractivity contribution in [3.63, 3.8) is 0 Å². The van der Waals surface area contributed by atoms with Gasteiger partial charge in [0.05, 0.1) is 27.5 Å². The van der Waals surface area contributed by atoms with E-state index in [1.54, 1.807) is 19.1 Å². The van der Waals surface area contributed by atoms with Gasteiger partial charge in [0.2, 0.25) is 0 Å². The number of aromatic nitrogens is 2. The summed E-state index contributed by atoms with van der Waals surface area (Å²) < 4.78 is 1.91. The first kappa shape index (κ1) is 14.4. The van der Waals surface area contributed by atoms with Crippen molar-refractivity contribution in [1.29, 1.82) is 0 Å². The fraction of sp³-hybridized carbons (Fsp3) is 0.188. The number of pyridine rings is 1. The van der Waals surface area contributed by atoms with E-state index in [9.17, 15) is 5.11 Å². The zero-order valence-electron chi connectivity index (χ0n) is 11.6. The van der Waals surface area contributed by atoms with Crippen molar-refractivity contribution in [1.82, 2.24) is 9.38 Å². The monoisotopic (exact) mass is 320 g/mol. The molecule has 0 aliphatic heterocycles. The third-order valence-corrected chi connectivity index (χ3v) is 4.21. The highest BCUT2D eigenvalue weighted by Gasteiger charge is 2.19. The molecule has 0 aliphatic rings. The van der Waals surface area contributed by atoms with Crippen LogP contribution in [0.2, 0.25) is 10.0 Å². The van der Waals surface area contributed by atoms with Crippen LogP contribution >= 0.6 is 23.2 Å². The highest BCUT2D eigenvalue weighted by molar-refractivity contribution is 6.42. The van der Waals surface area contributed by atoms with E-state index < -0.39 is 6.10 Å². The van der Waals surface area contributed by atoms with Gasteiger partial charge in [0.1, 0.15) is 5.65 Å². The van der Waals surface area contributed by atoms with Gasteiger partial charge >= 0.3 is 0 Å². The number of imidazole rings is 1. The van der Waals surface area contributed by atoms with Crippen molar-refractivity contribution in [2.45, 2.75) is 20.0 Å². The van der Waals surface area contributed by atoms with Crippen LogP contribution in [-0.2, 0) is 0 Å². The lowest BCUT2D eigenvalue weighted by molar-refractivity contribution is 0.194. The Balaban J connectivity index is 2.33. The quantitative estimate of drug-likeness (QED) is 0.745. The second-order valence-corrected chi connectivity index (χ2v) is 5.85. The van der Waals surface area contributed by atoms with Crippen LogP contribution in [-0.4, -0.2) is 14.5 Å². The Bertz CT molecular complexity index is 825. The molecular weight excluding hydrogens is 307 g/mol. The standard InChI is InChI=1S/C16H14Cl2N2O/c1-9-4-3-7-20-15(10(2)21)14(19-16(9)20)11-5-6-12(17)13(18)8-11/h3-8,10,21H,1-2H3. The molecule has 0 bridgehead atoms. The average molecular weight is 321 g/mol. The van der Waals surface area contributed by atoms with E-state index >= 15 is 0 Å². The van der Waals surface area contributed by atoms with Gasteiger partial charge in [0.25, 0.3) is 0 Å². The molecule has 5 heteroatoms. The maximum Gasteiger partial charge on any atom is 0.140 e. The van der Waals surface area contributed by atoms with Gasteiger partial charge in [-0.25, -0.2) is 4.98 Å². The lowest BCUT2D eigenvalue weighted by Crippen LogP contribution is -1.99. The number of benzene rings is 1. The van der Waals surface area contributed by atoms with Gasteiger partial charge in [-0.15, -0.1) is 0 Å². The summed E-state index contributed by atoms with van der Waals surface area (Å²) in [5, 5.41) is 11.1. The molecule has 108 valence electrons. The minimum absolute atomic E-state index is 0.472. The van der Waals surface area contributed by atoms with E-state index in [0.29, 0.717) is 10.0 Å². The van der Waals surface area contributed by atoms with Crippen molar-refractivity contribution in [2.75, 3.05) is 0 Å². The summed E-state index contributed by atoms with van der Waals surface area (Å²) in [5.74, 6) is 0. The van der Waals surface area contributed by atoms with Crippen molar-refractivity contribution in [3.8, 4) is 11.3 Å². The van der Waals surface area contributed by atoms with Gasteiger partial charge in [-0.1, -0.05) is 35.3 Å². The van der Waals surface area contributed by atoms with E-state index in [1.165, 1.54) is 0 Å². The van der Waals surface area contributed by atoms with Gasteiger partial charge in [-0.05, 0) is 37.6 Å². The van der Waals surface area contributed by atoms with Crippen LogP contribution in [0, 0.1) is 6.92 Å². The first-order valence-corrected chi connectivity index (χ1v) is 7.35. The smallest absolute Gasteiger partial charge is 0.140 e. The van der Waals surface area contributed by atoms with E-state index in [2.05, 4.69) is 4.98 Å². The summed E-state index contributed by atoms with van der Waals surface area (Å²) in [6.07, 6.45) is 1.25. The Hall–Kier alpha value is -1.55. The number of hydrogen-bond acceptors (Lipinski definition) is 2. The van der Waals surface area contributed by atoms with Crippen molar-refractivity contribution >= 4 is 28.8 Å². The fourth-order valence-electron chi connectivity index (χ4n) is 2.48. The van der Waals surface area contributed by atoms with Crippen LogP contribution in [0.5, 0.6) is 0 Å². The normalized spacial score (nSPS) is 12.8. The Kier molecular flexibility index (Phi) is 3.66. The molecule has 3 nitrogen and oxygen atoms in total. The van der Waals surface area contributed by atoms with E-state index in [1.807, 2.05) is 35.7 Å². The average Bonchev–Trinajstić information content (AvgIpc) is 2.83. The minimum atomic E-state index is -0.647. The molecule has 3 rings (SSSR count). The number of hydrogen-bond donors (Lipinski definition) is 1. The summed E-state index contributed by atoms with van der Waals surface area (Å²) in [7, 11) is 0. The van der Waals surface area contributed by atoms with Gasteiger partial charge < -0.3 is 9.51 Å². The fourth-order valence-corrected chi connectivity index (χ4v) is 2.78. The topological polar surface area (TPSA) is 37.5 Å². The highest BCUT2D eigenvalue weighted by atomic mass is 35.5. The molecule has 0 amide bonds. The Labute approximate surface area is 132 Å². The van der Waals surface area contributed by atoms with Crippen molar-refractivity contribution in [2.24, 2.45) is 0 Å². The molecular formula is C16H14Cl2N2O. The molecule has 0 saturated heterocycles. The first-order valence-electron chi connectivity index (χ1n) is 6.60. The maximum absolute atomic E-state index is 10.1. The van der Waals surface area contributed by atoms with Crippen LogP contribution in [0.1, 0.15) is 24.3 Å². The molecule has 21 heavy (non-hydrogen) atoms. The molecule has 3 aromatic rings. The Morgan fingerprint density at radius 2 is 1.95 bits per heavy atom. The molecule has 1 atom stereocenters. The molecule has 1 N–H and O–H groups in total. The largest absolute Gasteiger partial charge is 0.387 e. The lowest BCUT2D eigenvalue weighted by Gasteiger charge is -2.08. The predicted octanol–water partition coefficient (Wildman–Crippen LogP) is 4.67. The Morgan fingerprint density at radius 3 is 2.62 bits per heavy atom. The maximum atomic E-state index is 10.1. The number of aryl methyl sites for hydroxylation is 1. The second kappa shape index (κ2) is 5.34. The number of rotatable bonds is 2. The summed E-state index contributed by atoms with van der Waals surface area (Å²) >= 11 is 12.1. The van der Waals surface area contributed by atoms with Crippen LogP contribution in [0.4, 0.5) is 0 Å². The molecule has 0 radical (unpaired) electrons. The summed E-state index contributed by atoms with van der Waals surface area (Å²) in [4.78, 5) is 4.68. The van der Waals surface area contributed by atoms with Crippen LogP contribution in [0.25, 0.3) is 16.9 Å². The van der Waals surface area contributed by atoms with Gasteiger partial charge in [-0.2, -0.15) is 0 Å². The van der Waals surface area contributed by atoms with Crippen LogP contribution in [0.3, 0.4) is 0 Å². The molecule has 2 aromatic heterocycles. The zero-order chi connectivity index (χ0) is 15.1. The number of aliphatic hydroxyl groups excluding tert-OH is 1. The number of fused-ring (bicyclic) bond motifs is 1. The summed E-state index contributed by atoms with van der Waals surface area (Å²) in [5.41, 5.74) is 4.17.